The van der Waals surface area contributed by atoms with Crippen molar-refractivity contribution < 1.29 is 9.84 Å². The molecule has 2 rings (SSSR count). The van der Waals surface area contributed by atoms with Crippen molar-refractivity contribution in [2.24, 2.45) is 0 Å². The molecular weight excluding hydrogens is 202 g/mol. The van der Waals surface area contributed by atoms with Crippen molar-refractivity contribution in [1.82, 2.24) is 4.57 Å². The van der Waals surface area contributed by atoms with E-state index >= 15 is 0 Å². The summed E-state index contributed by atoms with van der Waals surface area (Å²) in [5.74, 6) is 0.872. The summed E-state index contributed by atoms with van der Waals surface area (Å²) in [6, 6.07) is 10.0. The van der Waals surface area contributed by atoms with E-state index in [1.807, 2.05) is 30.6 Å². The van der Waals surface area contributed by atoms with Crippen molar-refractivity contribution in [2.45, 2.75) is 13.2 Å². The zero-order valence-electron chi connectivity index (χ0n) is 9.26. The van der Waals surface area contributed by atoms with E-state index in [1.54, 1.807) is 11.7 Å². The quantitative estimate of drug-likeness (QED) is 0.850. The summed E-state index contributed by atoms with van der Waals surface area (Å²) in [5.41, 5.74) is 2.43. The predicted molar refractivity (Wildman–Crippen MR) is 62.5 cm³/mol. The lowest BCUT2D eigenvalue weighted by Crippen LogP contribution is -1.91. The molecule has 0 bridgehead atoms. The Morgan fingerprint density at radius 3 is 2.44 bits per heavy atom. The molecule has 0 saturated carbocycles. The van der Waals surface area contributed by atoms with Gasteiger partial charge in [-0.2, -0.15) is 0 Å². The molecule has 3 nitrogen and oxygen atoms in total. The lowest BCUT2D eigenvalue weighted by atomic mass is 10.1. The van der Waals surface area contributed by atoms with Gasteiger partial charge < -0.3 is 14.4 Å². The second-order valence-corrected chi connectivity index (χ2v) is 3.70. The SMILES string of the molecule is COc1ccc(Cc2ccn(CO)c2)cc1. The maximum Gasteiger partial charge on any atom is 0.119 e. The minimum atomic E-state index is 0.0304. The highest BCUT2D eigenvalue weighted by Gasteiger charge is 1.99. The molecule has 0 radical (unpaired) electrons. The van der Waals surface area contributed by atoms with Gasteiger partial charge in [0.1, 0.15) is 12.5 Å². The zero-order chi connectivity index (χ0) is 11.4. The number of aliphatic hydroxyl groups excluding tert-OH is 1. The van der Waals surface area contributed by atoms with Gasteiger partial charge in [-0.15, -0.1) is 0 Å². The third-order valence-electron chi connectivity index (χ3n) is 2.54. The van der Waals surface area contributed by atoms with E-state index in [-0.39, 0.29) is 6.73 Å². The van der Waals surface area contributed by atoms with Crippen LogP contribution >= 0.6 is 0 Å². The first-order valence-corrected chi connectivity index (χ1v) is 5.20. The van der Waals surface area contributed by atoms with Crippen LogP contribution in [0.1, 0.15) is 11.1 Å². The van der Waals surface area contributed by atoms with E-state index in [9.17, 15) is 0 Å². The van der Waals surface area contributed by atoms with Gasteiger partial charge in [-0.05, 0) is 35.7 Å². The number of hydrogen-bond acceptors (Lipinski definition) is 2. The van der Waals surface area contributed by atoms with Crippen LogP contribution in [0.4, 0.5) is 0 Å². The molecule has 0 unspecified atom stereocenters. The Morgan fingerprint density at radius 1 is 1.12 bits per heavy atom. The number of nitrogens with zero attached hydrogens (tertiary/aromatic N) is 1. The van der Waals surface area contributed by atoms with Crippen LogP contribution < -0.4 is 4.74 Å². The minimum absolute atomic E-state index is 0.0304. The van der Waals surface area contributed by atoms with E-state index in [1.165, 1.54) is 11.1 Å². The smallest absolute Gasteiger partial charge is 0.119 e. The lowest BCUT2D eigenvalue weighted by Gasteiger charge is -2.02. The van der Waals surface area contributed by atoms with Crippen molar-refractivity contribution in [2.75, 3.05) is 7.11 Å². The highest BCUT2D eigenvalue weighted by molar-refractivity contribution is 5.30. The summed E-state index contributed by atoms with van der Waals surface area (Å²) in [4.78, 5) is 0. The zero-order valence-corrected chi connectivity index (χ0v) is 9.26. The van der Waals surface area contributed by atoms with Crippen LogP contribution in [0.15, 0.2) is 42.7 Å². The number of methoxy groups -OCH3 is 1. The maximum absolute atomic E-state index is 8.93. The van der Waals surface area contributed by atoms with E-state index in [0.29, 0.717) is 0 Å². The largest absolute Gasteiger partial charge is 0.497 e. The number of hydrogen-bond donors (Lipinski definition) is 1. The van der Waals surface area contributed by atoms with E-state index in [2.05, 4.69) is 12.1 Å². The second-order valence-electron chi connectivity index (χ2n) is 3.70. The molecule has 1 N–H and O–H groups in total. The number of rotatable bonds is 4. The predicted octanol–water partition coefficient (Wildman–Crippen LogP) is 2.04. The average molecular weight is 217 g/mol. The van der Waals surface area contributed by atoms with Gasteiger partial charge in [-0.1, -0.05) is 12.1 Å². The molecule has 0 spiro atoms. The first-order chi connectivity index (χ1) is 7.81. The fraction of sp³-hybridized carbons (Fsp3) is 0.231. The van der Waals surface area contributed by atoms with Crippen LogP contribution in [0.2, 0.25) is 0 Å². The molecule has 2 aromatic rings. The topological polar surface area (TPSA) is 34.4 Å². The molecule has 0 aliphatic carbocycles. The van der Waals surface area contributed by atoms with Crippen LogP contribution in [0, 0.1) is 0 Å². The highest BCUT2D eigenvalue weighted by atomic mass is 16.5. The van der Waals surface area contributed by atoms with Gasteiger partial charge in [0.2, 0.25) is 0 Å². The third-order valence-corrected chi connectivity index (χ3v) is 2.54. The van der Waals surface area contributed by atoms with Gasteiger partial charge in [0.15, 0.2) is 0 Å². The Balaban J connectivity index is 2.08. The standard InChI is InChI=1S/C13H15NO2/c1-16-13-4-2-11(3-5-13)8-12-6-7-14(9-12)10-15/h2-7,9,15H,8,10H2,1H3. The molecular formula is C13H15NO2. The molecule has 1 heterocycles. The van der Waals surface area contributed by atoms with E-state index in [0.717, 1.165) is 12.2 Å². The third kappa shape index (κ3) is 2.44. The van der Waals surface area contributed by atoms with Crippen molar-refractivity contribution in [1.29, 1.82) is 0 Å². The molecule has 3 heteroatoms. The van der Waals surface area contributed by atoms with Crippen LogP contribution in [0.5, 0.6) is 5.75 Å². The Labute approximate surface area is 94.9 Å². The maximum atomic E-state index is 8.93. The Kier molecular flexibility index (Phi) is 3.27. The summed E-state index contributed by atoms with van der Waals surface area (Å²) >= 11 is 0. The van der Waals surface area contributed by atoms with Gasteiger partial charge >= 0.3 is 0 Å². The summed E-state index contributed by atoms with van der Waals surface area (Å²) in [6.45, 7) is 0.0304. The first kappa shape index (κ1) is 10.8. The van der Waals surface area contributed by atoms with E-state index in [4.69, 9.17) is 9.84 Å². The normalized spacial score (nSPS) is 10.4. The van der Waals surface area contributed by atoms with Gasteiger partial charge in [0, 0.05) is 12.4 Å². The molecule has 0 aliphatic heterocycles. The fourth-order valence-corrected chi connectivity index (χ4v) is 1.66. The number of ether oxygens (including phenoxy) is 1. The number of aromatic nitrogens is 1. The molecule has 0 aliphatic rings. The van der Waals surface area contributed by atoms with Crippen molar-refractivity contribution in [3.05, 3.63) is 53.9 Å². The van der Waals surface area contributed by atoms with Gasteiger partial charge in [0.05, 0.1) is 7.11 Å². The van der Waals surface area contributed by atoms with Crippen LogP contribution in [-0.2, 0) is 13.2 Å². The van der Waals surface area contributed by atoms with Gasteiger partial charge in [0.25, 0.3) is 0 Å². The average Bonchev–Trinajstić information content (AvgIpc) is 2.78. The Hall–Kier alpha value is -1.74. The molecule has 0 saturated heterocycles. The Morgan fingerprint density at radius 2 is 1.88 bits per heavy atom. The second kappa shape index (κ2) is 4.86. The molecule has 0 fully saturated rings. The Bertz CT molecular complexity index is 445. The molecule has 1 aromatic carbocycles. The summed E-state index contributed by atoms with van der Waals surface area (Å²) in [6.07, 6.45) is 4.69. The van der Waals surface area contributed by atoms with Crippen LogP contribution in [0.25, 0.3) is 0 Å². The molecule has 16 heavy (non-hydrogen) atoms. The van der Waals surface area contributed by atoms with Gasteiger partial charge in [-0.3, -0.25) is 0 Å². The lowest BCUT2D eigenvalue weighted by molar-refractivity contribution is 0.211. The highest BCUT2D eigenvalue weighted by Crippen LogP contribution is 2.14. The van der Waals surface area contributed by atoms with Crippen molar-refractivity contribution >= 4 is 0 Å². The molecule has 0 amide bonds. The van der Waals surface area contributed by atoms with Crippen LogP contribution in [0.3, 0.4) is 0 Å². The monoisotopic (exact) mass is 217 g/mol. The molecule has 0 atom stereocenters. The van der Waals surface area contributed by atoms with E-state index < -0.39 is 0 Å². The van der Waals surface area contributed by atoms with Gasteiger partial charge in [-0.25, -0.2) is 0 Å². The number of benzene rings is 1. The van der Waals surface area contributed by atoms with Crippen LogP contribution in [-0.4, -0.2) is 16.8 Å². The fourth-order valence-electron chi connectivity index (χ4n) is 1.66. The summed E-state index contributed by atoms with van der Waals surface area (Å²) in [5, 5.41) is 8.93. The summed E-state index contributed by atoms with van der Waals surface area (Å²) < 4.78 is 6.85. The van der Waals surface area contributed by atoms with Crippen molar-refractivity contribution in [3.63, 3.8) is 0 Å². The van der Waals surface area contributed by atoms with Crippen molar-refractivity contribution in [3.8, 4) is 5.75 Å². The number of aliphatic hydroxyl groups is 1. The minimum Gasteiger partial charge on any atom is -0.497 e. The molecule has 84 valence electrons. The molecule has 1 aromatic heterocycles. The first-order valence-electron chi connectivity index (χ1n) is 5.20. The summed E-state index contributed by atoms with van der Waals surface area (Å²) in [7, 11) is 1.66.